The molecule has 0 aliphatic rings. The van der Waals surface area contributed by atoms with Crippen LogP contribution in [0.2, 0.25) is 5.02 Å². The van der Waals surface area contributed by atoms with Crippen LogP contribution < -0.4 is 10.1 Å². The number of aromatic nitrogens is 3. The molecular weight excluding hydrogens is 348 g/mol. The van der Waals surface area contributed by atoms with Gasteiger partial charge in [0.05, 0.1) is 5.75 Å². The summed E-state index contributed by atoms with van der Waals surface area (Å²) in [4.78, 5) is 15.8. The minimum absolute atomic E-state index is 0.122. The molecule has 0 unspecified atom stereocenters. The van der Waals surface area contributed by atoms with Gasteiger partial charge in [0.15, 0.2) is 5.16 Å². The number of H-pyrrole nitrogens is 1. The van der Waals surface area contributed by atoms with Gasteiger partial charge in [0, 0.05) is 10.7 Å². The second-order valence-corrected chi connectivity index (χ2v) is 6.11. The average molecular weight is 361 g/mol. The molecule has 24 heavy (non-hydrogen) atoms. The summed E-state index contributed by atoms with van der Waals surface area (Å²) in [5.41, 5.74) is 0.696. The molecule has 0 aliphatic heterocycles. The monoisotopic (exact) mass is 360 g/mol. The number of halogens is 1. The average Bonchev–Trinajstić information content (AvgIpc) is 3.10. The highest BCUT2D eigenvalue weighted by Crippen LogP contribution is 2.24. The Morgan fingerprint density at radius 3 is 2.42 bits per heavy atom. The zero-order valence-electron chi connectivity index (χ0n) is 12.4. The lowest BCUT2D eigenvalue weighted by atomic mass is 10.3. The van der Waals surface area contributed by atoms with Crippen LogP contribution in [-0.4, -0.2) is 26.8 Å². The highest BCUT2D eigenvalue weighted by molar-refractivity contribution is 7.99. The van der Waals surface area contributed by atoms with Crippen molar-refractivity contribution in [3.63, 3.8) is 0 Å². The Labute approximate surface area is 147 Å². The van der Waals surface area contributed by atoms with Gasteiger partial charge in [-0.3, -0.25) is 9.89 Å². The topological polar surface area (TPSA) is 79.9 Å². The standard InChI is InChI=1S/C16H13ClN4O2S/c17-11-1-5-13(6-2-11)23-14-7-3-12(4-8-14)20-15(22)9-24-16-18-10-19-21-16/h1-8,10H,9H2,(H,20,22)(H,18,19,21). The van der Waals surface area contributed by atoms with Gasteiger partial charge in [-0.2, -0.15) is 5.10 Å². The molecule has 3 rings (SSSR count). The lowest BCUT2D eigenvalue weighted by Gasteiger charge is -2.08. The predicted molar refractivity (Wildman–Crippen MR) is 93.7 cm³/mol. The van der Waals surface area contributed by atoms with E-state index in [1.807, 2.05) is 0 Å². The maximum atomic E-state index is 11.9. The third-order valence-corrected chi connectivity index (χ3v) is 4.05. The van der Waals surface area contributed by atoms with E-state index in [2.05, 4.69) is 20.5 Å². The van der Waals surface area contributed by atoms with Crippen LogP contribution in [0.3, 0.4) is 0 Å². The SMILES string of the molecule is O=C(CSc1ncn[nH]1)Nc1ccc(Oc2ccc(Cl)cc2)cc1. The van der Waals surface area contributed by atoms with Crippen molar-refractivity contribution in [3.05, 3.63) is 59.9 Å². The number of benzene rings is 2. The summed E-state index contributed by atoms with van der Waals surface area (Å²) in [6.07, 6.45) is 1.40. The summed E-state index contributed by atoms with van der Waals surface area (Å²) >= 11 is 7.12. The minimum atomic E-state index is -0.122. The van der Waals surface area contributed by atoms with Gasteiger partial charge < -0.3 is 10.1 Å². The van der Waals surface area contributed by atoms with E-state index < -0.39 is 0 Å². The summed E-state index contributed by atoms with van der Waals surface area (Å²) in [5, 5.41) is 10.5. The summed E-state index contributed by atoms with van der Waals surface area (Å²) in [6.45, 7) is 0. The number of nitrogens with zero attached hydrogens (tertiary/aromatic N) is 2. The molecule has 0 bridgehead atoms. The van der Waals surface area contributed by atoms with Crippen molar-refractivity contribution in [2.24, 2.45) is 0 Å². The van der Waals surface area contributed by atoms with Crippen molar-refractivity contribution in [1.82, 2.24) is 15.2 Å². The van der Waals surface area contributed by atoms with E-state index >= 15 is 0 Å². The van der Waals surface area contributed by atoms with Gasteiger partial charge in [-0.05, 0) is 48.5 Å². The van der Waals surface area contributed by atoms with Crippen LogP contribution in [0.5, 0.6) is 11.5 Å². The quantitative estimate of drug-likeness (QED) is 0.650. The normalized spacial score (nSPS) is 10.4. The molecule has 122 valence electrons. The Kier molecular flexibility index (Phi) is 5.35. The third-order valence-electron chi connectivity index (χ3n) is 2.92. The molecule has 0 fully saturated rings. The molecule has 1 aromatic heterocycles. The molecule has 6 nitrogen and oxygen atoms in total. The highest BCUT2D eigenvalue weighted by atomic mass is 35.5. The van der Waals surface area contributed by atoms with Crippen molar-refractivity contribution in [2.75, 3.05) is 11.1 Å². The largest absolute Gasteiger partial charge is 0.457 e. The number of hydrogen-bond acceptors (Lipinski definition) is 5. The maximum absolute atomic E-state index is 11.9. The molecule has 0 saturated heterocycles. The Morgan fingerprint density at radius 2 is 1.79 bits per heavy atom. The van der Waals surface area contributed by atoms with Crippen molar-refractivity contribution < 1.29 is 9.53 Å². The first-order chi connectivity index (χ1) is 11.7. The lowest BCUT2D eigenvalue weighted by molar-refractivity contribution is -0.113. The Hall–Kier alpha value is -2.51. The number of thioether (sulfide) groups is 1. The fourth-order valence-corrected chi connectivity index (χ4v) is 2.54. The number of ether oxygens (including phenoxy) is 1. The Morgan fingerprint density at radius 1 is 1.12 bits per heavy atom. The molecule has 0 saturated carbocycles. The number of anilines is 1. The van der Waals surface area contributed by atoms with Gasteiger partial charge >= 0.3 is 0 Å². The van der Waals surface area contributed by atoms with Crippen LogP contribution in [0.25, 0.3) is 0 Å². The second-order valence-electron chi connectivity index (χ2n) is 4.71. The smallest absolute Gasteiger partial charge is 0.234 e. The highest BCUT2D eigenvalue weighted by Gasteiger charge is 2.06. The van der Waals surface area contributed by atoms with Crippen LogP contribution in [0.15, 0.2) is 60.0 Å². The maximum Gasteiger partial charge on any atom is 0.234 e. The second kappa shape index (κ2) is 7.85. The first kappa shape index (κ1) is 16.4. The van der Waals surface area contributed by atoms with Crippen LogP contribution >= 0.6 is 23.4 Å². The van der Waals surface area contributed by atoms with E-state index in [0.29, 0.717) is 27.4 Å². The van der Waals surface area contributed by atoms with Gasteiger partial charge in [0.2, 0.25) is 5.91 Å². The van der Waals surface area contributed by atoms with Gasteiger partial charge in [-0.1, -0.05) is 23.4 Å². The minimum Gasteiger partial charge on any atom is -0.457 e. The summed E-state index contributed by atoms with van der Waals surface area (Å²) in [5.74, 6) is 1.49. The van der Waals surface area contributed by atoms with Crippen LogP contribution in [0.1, 0.15) is 0 Å². The summed E-state index contributed by atoms with van der Waals surface area (Å²) in [6, 6.07) is 14.2. The molecule has 2 aromatic carbocycles. The zero-order valence-corrected chi connectivity index (χ0v) is 14.0. The Bertz CT molecular complexity index is 792. The number of carbonyl (C=O) groups is 1. The zero-order chi connectivity index (χ0) is 16.8. The molecule has 8 heteroatoms. The van der Waals surface area contributed by atoms with Crippen molar-refractivity contribution in [2.45, 2.75) is 5.16 Å². The van der Waals surface area contributed by atoms with E-state index in [0.717, 1.165) is 0 Å². The number of carbonyl (C=O) groups excluding carboxylic acids is 1. The molecule has 3 aromatic rings. The fourth-order valence-electron chi connectivity index (χ4n) is 1.84. The number of hydrogen-bond donors (Lipinski definition) is 2. The summed E-state index contributed by atoms with van der Waals surface area (Å²) < 4.78 is 5.69. The molecule has 0 atom stereocenters. The molecule has 0 spiro atoms. The van der Waals surface area contributed by atoms with Crippen molar-refractivity contribution in [1.29, 1.82) is 0 Å². The van der Waals surface area contributed by atoms with Gasteiger partial charge in [0.1, 0.15) is 17.8 Å². The predicted octanol–water partition coefficient (Wildman–Crippen LogP) is 3.98. The van der Waals surface area contributed by atoms with Crippen LogP contribution in [0, 0.1) is 0 Å². The lowest BCUT2D eigenvalue weighted by Crippen LogP contribution is -2.14. The van der Waals surface area contributed by atoms with Gasteiger partial charge in [-0.25, -0.2) is 4.98 Å². The number of amides is 1. The molecule has 0 radical (unpaired) electrons. The molecule has 0 aliphatic carbocycles. The molecular formula is C16H13ClN4O2S. The van der Waals surface area contributed by atoms with E-state index in [1.165, 1.54) is 18.1 Å². The molecule has 2 N–H and O–H groups in total. The first-order valence-corrected chi connectivity index (χ1v) is 8.37. The van der Waals surface area contributed by atoms with E-state index in [-0.39, 0.29) is 11.7 Å². The Balaban J connectivity index is 1.52. The van der Waals surface area contributed by atoms with Crippen LogP contribution in [0.4, 0.5) is 5.69 Å². The van der Waals surface area contributed by atoms with Gasteiger partial charge in [-0.15, -0.1) is 0 Å². The van der Waals surface area contributed by atoms with E-state index in [9.17, 15) is 4.79 Å². The number of aromatic amines is 1. The van der Waals surface area contributed by atoms with E-state index in [4.69, 9.17) is 16.3 Å². The molecule has 1 heterocycles. The van der Waals surface area contributed by atoms with Crippen LogP contribution in [-0.2, 0) is 4.79 Å². The number of rotatable bonds is 6. The first-order valence-electron chi connectivity index (χ1n) is 7.00. The fraction of sp³-hybridized carbons (Fsp3) is 0.0625. The van der Waals surface area contributed by atoms with Crippen molar-refractivity contribution >= 4 is 35.0 Å². The number of nitrogens with one attached hydrogen (secondary N) is 2. The third kappa shape index (κ3) is 4.74. The summed E-state index contributed by atoms with van der Waals surface area (Å²) in [7, 11) is 0. The van der Waals surface area contributed by atoms with E-state index in [1.54, 1.807) is 48.5 Å². The molecule has 1 amide bonds. The van der Waals surface area contributed by atoms with Crippen molar-refractivity contribution in [3.8, 4) is 11.5 Å². The van der Waals surface area contributed by atoms with Gasteiger partial charge in [0.25, 0.3) is 0 Å².